The number of likely N-dealkylation sites (tertiary alicyclic amines) is 1. The molecule has 1 aliphatic rings. The zero-order chi connectivity index (χ0) is 23.3. The molecule has 0 aliphatic carbocycles. The molecule has 5 rings (SSSR count). The lowest BCUT2D eigenvalue weighted by Gasteiger charge is -2.33. The molecule has 3 aromatic heterocycles. The molecule has 1 atom stereocenters. The fourth-order valence-electron chi connectivity index (χ4n) is 4.55. The zero-order valence-electron chi connectivity index (χ0n) is 19.4. The maximum atomic E-state index is 12.8. The first-order valence-electron chi connectivity index (χ1n) is 11.9. The molecule has 7 heteroatoms. The van der Waals surface area contributed by atoms with E-state index in [1.807, 2.05) is 60.1 Å². The number of nitrogens with one attached hydrogen (secondary N) is 1. The van der Waals surface area contributed by atoms with Crippen LogP contribution in [0.3, 0.4) is 0 Å². The molecule has 0 radical (unpaired) electrons. The predicted molar refractivity (Wildman–Crippen MR) is 130 cm³/mol. The lowest BCUT2D eigenvalue weighted by molar-refractivity contribution is 0.0914. The summed E-state index contributed by atoms with van der Waals surface area (Å²) in [6.45, 7) is 4.98. The van der Waals surface area contributed by atoms with Gasteiger partial charge in [-0.25, -0.2) is 4.98 Å². The molecular formula is C27H30N4O3. The van der Waals surface area contributed by atoms with E-state index in [1.54, 1.807) is 18.4 Å². The smallest absolute Gasteiger partial charge is 0.251 e. The van der Waals surface area contributed by atoms with E-state index in [-0.39, 0.29) is 11.9 Å². The molecule has 7 nitrogen and oxygen atoms in total. The second kappa shape index (κ2) is 10.1. The summed E-state index contributed by atoms with van der Waals surface area (Å²) in [5.41, 5.74) is 3.52. The molecule has 0 spiro atoms. The molecule has 0 saturated carbocycles. The Morgan fingerprint density at radius 3 is 2.68 bits per heavy atom. The van der Waals surface area contributed by atoms with Crippen molar-refractivity contribution in [3.63, 3.8) is 0 Å². The molecule has 1 fully saturated rings. The molecule has 1 unspecified atom stereocenters. The molecular weight excluding hydrogens is 428 g/mol. The highest BCUT2D eigenvalue weighted by Gasteiger charge is 2.25. The number of piperidine rings is 1. The van der Waals surface area contributed by atoms with Gasteiger partial charge >= 0.3 is 0 Å². The fraction of sp³-hybridized carbons (Fsp3) is 0.333. The standard InChI is InChI=1S/C27H30N4O3/c1-20-7-5-15-31-18-22(29-26(20)31)19-34-23-11-9-21(10-12-23)27(32)28-17-24(25-8-6-16-33-25)30-13-3-2-4-14-30/h5-12,15-16,18,24H,2-4,13-14,17,19H2,1H3,(H,28,32). The lowest BCUT2D eigenvalue weighted by Crippen LogP contribution is -2.40. The number of aryl methyl sites for hydroxylation is 1. The van der Waals surface area contributed by atoms with Crippen LogP contribution in [0.25, 0.3) is 5.65 Å². The number of hydrogen-bond acceptors (Lipinski definition) is 5. The number of amides is 1. The molecule has 4 aromatic rings. The van der Waals surface area contributed by atoms with Gasteiger partial charge in [0, 0.05) is 24.5 Å². The van der Waals surface area contributed by atoms with Gasteiger partial charge in [0.25, 0.3) is 5.91 Å². The average Bonchev–Trinajstić information content (AvgIpc) is 3.55. The van der Waals surface area contributed by atoms with Crippen LogP contribution in [0.15, 0.2) is 71.6 Å². The largest absolute Gasteiger partial charge is 0.487 e. The minimum Gasteiger partial charge on any atom is -0.487 e. The summed E-state index contributed by atoms with van der Waals surface area (Å²) in [5.74, 6) is 1.50. The van der Waals surface area contributed by atoms with Gasteiger partial charge in [-0.1, -0.05) is 12.5 Å². The molecule has 4 heterocycles. The van der Waals surface area contributed by atoms with Crippen LogP contribution in [0.1, 0.15) is 52.7 Å². The van der Waals surface area contributed by atoms with E-state index in [2.05, 4.69) is 15.2 Å². The number of imidazole rings is 1. The first-order valence-corrected chi connectivity index (χ1v) is 11.9. The van der Waals surface area contributed by atoms with Gasteiger partial charge in [0.2, 0.25) is 0 Å². The Hall–Kier alpha value is -3.58. The second-order valence-electron chi connectivity index (χ2n) is 8.81. The minimum absolute atomic E-state index is 0.0518. The van der Waals surface area contributed by atoms with Crippen molar-refractivity contribution in [1.82, 2.24) is 19.6 Å². The van der Waals surface area contributed by atoms with Crippen molar-refractivity contribution in [2.24, 2.45) is 0 Å². The van der Waals surface area contributed by atoms with E-state index >= 15 is 0 Å². The molecule has 1 amide bonds. The van der Waals surface area contributed by atoms with E-state index in [9.17, 15) is 4.79 Å². The van der Waals surface area contributed by atoms with Gasteiger partial charge in [0.15, 0.2) is 0 Å². The van der Waals surface area contributed by atoms with Crippen LogP contribution >= 0.6 is 0 Å². The van der Waals surface area contributed by atoms with Crippen LogP contribution < -0.4 is 10.1 Å². The van der Waals surface area contributed by atoms with Gasteiger partial charge in [0.05, 0.1) is 18.0 Å². The fourth-order valence-corrected chi connectivity index (χ4v) is 4.55. The number of ether oxygens (including phenoxy) is 1. The Kier molecular flexibility index (Phi) is 6.62. The number of rotatable bonds is 8. The maximum absolute atomic E-state index is 12.8. The molecule has 1 saturated heterocycles. The number of aromatic nitrogens is 2. The van der Waals surface area contributed by atoms with Gasteiger partial charge in [-0.2, -0.15) is 0 Å². The maximum Gasteiger partial charge on any atom is 0.251 e. The van der Waals surface area contributed by atoms with Crippen molar-refractivity contribution >= 4 is 11.6 Å². The highest BCUT2D eigenvalue weighted by atomic mass is 16.5. The molecule has 1 aliphatic heterocycles. The Morgan fingerprint density at radius 2 is 1.94 bits per heavy atom. The number of carbonyl (C=O) groups excluding carboxylic acids is 1. The highest BCUT2D eigenvalue weighted by Crippen LogP contribution is 2.25. The van der Waals surface area contributed by atoms with Crippen LogP contribution in [0, 0.1) is 6.92 Å². The predicted octanol–water partition coefficient (Wildman–Crippen LogP) is 4.77. The number of furan rings is 1. The summed E-state index contributed by atoms with van der Waals surface area (Å²) in [4.78, 5) is 19.8. The molecule has 1 N–H and O–H groups in total. The van der Waals surface area contributed by atoms with Crippen LogP contribution in [0.4, 0.5) is 0 Å². The van der Waals surface area contributed by atoms with E-state index in [4.69, 9.17) is 9.15 Å². The third kappa shape index (κ3) is 4.99. The number of nitrogens with zero attached hydrogens (tertiary/aromatic N) is 3. The summed E-state index contributed by atoms with van der Waals surface area (Å²) < 4.78 is 13.6. The summed E-state index contributed by atoms with van der Waals surface area (Å²) in [7, 11) is 0. The van der Waals surface area contributed by atoms with E-state index in [0.29, 0.717) is 24.5 Å². The minimum atomic E-state index is -0.101. The summed E-state index contributed by atoms with van der Waals surface area (Å²) in [6.07, 6.45) is 9.28. The first-order chi connectivity index (χ1) is 16.7. The molecule has 176 valence electrons. The van der Waals surface area contributed by atoms with Crippen molar-refractivity contribution in [3.05, 3.63) is 89.8 Å². The Balaban J connectivity index is 1.18. The normalized spacial score (nSPS) is 15.3. The Morgan fingerprint density at radius 1 is 1.12 bits per heavy atom. The van der Waals surface area contributed by atoms with Crippen molar-refractivity contribution in [2.45, 2.75) is 38.8 Å². The summed E-state index contributed by atoms with van der Waals surface area (Å²) >= 11 is 0. The van der Waals surface area contributed by atoms with Crippen LogP contribution in [0.5, 0.6) is 5.75 Å². The Bertz CT molecular complexity index is 1220. The van der Waals surface area contributed by atoms with Crippen LogP contribution in [-0.4, -0.2) is 39.8 Å². The SMILES string of the molecule is Cc1cccn2cc(COc3ccc(C(=O)NCC(c4ccco4)N4CCCCC4)cc3)nc12. The number of hydrogen-bond donors (Lipinski definition) is 1. The quantitative estimate of drug-likeness (QED) is 0.412. The average molecular weight is 459 g/mol. The molecule has 34 heavy (non-hydrogen) atoms. The zero-order valence-corrected chi connectivity index (χ0v) is 19.4. The van der Waals surface area contributed by atoms with Gasteiger partial charge in [-0.3, -0.25) is 9.69 Å². The highest BCUT2D eigenvalue weighted by molar-refractivity contribution is 5.94. The number of pyridine rings is 1. The van der Waals surface area contributed by atoms with Gasteiger partial charge in [-0.05, 0) is 80.9 Å². The van der Waals surface area contributed by atoms with Gasteiger partial charge < -0.3 is 18.9 Å². The third-order valence-electron chi connectivity index (χ3n) is 6.39. The third-order valence-corrected chi connectivity index (χ3v) is 6.39. The topological polar surface area (TPSA) is 72.0 Å². The van der Waals surface area contributed by atoms with Crippen molar-refractivity contribution in [3.8, 4) is 5.75 Å². The number of carbonyl (C=O) groups is 1. The molecule has 1 aromatic carbocycles. The summed E-state index contributed by atoms with van der Waals surface area (Å²) in [5, 5.41) is 3.09. The Labute approximate surface area is 199 Å². The van der Waals surface area contributed by atoms with Crippen molar-refractivity contribution in [2.75, 3.05) is 19.6 Å². The lowest BCUT2D eigenvalue weighted by atomic mass is 10.1. The second-order valence-corrected chi connectivity index (χ2v) is 8.81. The van der Waals surface area contributed by atoms with E-state index in [0.717, 1.165) is 35.8 Å². The van der Waals surface area contributed by atoms with E-state index in [1.165, 1.54) is 19.3 Å². The number of fused-ring (bicyclic) bond motifs is 1. The summed E-state index contributed by atoms with van der Waals surface area (Å²) in [6, 6.07) is 15.2. The van der Waals surface area contributed by atoms with Crippen molar-refractivity contribution in [1.29, 1.82) is 0 Å². The first kappa shape index (κ1) is 22.2. The molecule has 0 bridgehead atoms. The van der Waals surface area contributed by atoms with Crippen molar-refractivity contribution < 1.29 is 13.9 Å². The van der Waals surface area contributed by atoms with Gasteiger partial charge in [0.1, 0.15) is 23.8 Å². The monoisotopic (exact) mass is 458 g/mol. The van der Waals surface area contributed by atoms with E-state index < -0.39 is 0 Å². The van der Waals surface area contributed by atoms with Crippen LogP contribution in [-0.2, 0) is 6.61 Å². The number of benzene rings is 1. The van der Waals surface area contributed by atoms with Gasteiger partial charge in [-0.15, -0.1) is 0 Å². The van der Waals surface area contributed by atoms with Crippen LogP contribution in [0.2, 0.25) is 0 Å².